The van der Waals surface area contributed by atoms with Gasteiger partial charge in [0.05, 0.1) is 0 Å². The zero-order valence-corrected chi connectivity index (χ0v) is 15.2. The van der Waals surface area contributed by atoms with Crippen LogP contribution < -0.4 is 15.4 Å². The smallest absolute Gasteiger partial charge is 0.281 e. The van der Waals surface area contributed by atoms with E-state index < -0.39 is 10.2 Å². The first-order valence-corrected chi connectivity index (χ1v) is 9.20. The first kappa shape index (κ1) is 19.7. The van der Waals surface area contributed by atoms with E-state index in [0.29, 0.717) is 26.2 Å². The van der Waals surface area contributed by atoms with E-state index in [9.17, 15) is 8.42 Å². The summed E-state index contributed by atoms with van der Waals surface area (Å²) in [5.74, 6) is 0.732. The molecular weight excluding hydrogens is 316 g/mol. The standard InChI is InChI=1S/C13H22N4O3S.C2H6/c1-15(2)21(18,19)17-9-7-16(8-10-17)12-3-5-13(6-4-12)20-11-14;1-2/h3-6H,7-11,14H2,1-2H3;1-2H3. The largest absolute Gasteiger partial charge is 0.479 e. The van der Waals surface area contributed by atoms with Crippen LogP contribution in [0.3, 0.4) is 0 Å². The average Bonchev–Trinajstić information content (AvgIpc) is 2.58. The second kappa shape index (κ2) is 9.07. The molecule has 2 rings (SSSR count). The lowest BCUT2D eigenvalue weighted by Gasteiger charge is -2.36. The van der Waals surface area contributed by atoms with Crippen LogP contribution in [0.1, 0.15) is 13.8 Å². The van der Waals surface area contributed by atoms with Crippen molar-refractivity contribution < 1.29 is 13.2 Å². The second-order valence-electron chi connectivity index (χ2n) is 4.98. The molecule has 0 atom stereocenters. The minimum Gasteiger partial charge on any atom is -0.479 e. The van der Waals surface area contributed by atoms with Crippen LogP contribution in [0.15, 0.2) is 24.3 Å². The van der Waals surface area contributed by atoms with Crippen LogP contribution in [0.25, 0.3) is 0 Å². The molecule has 1 aliphatic heterocycles. The zero-order valence-electron chi connectivity index (χ0n) is 14.4. The van der Waals surface area contributed by atoms with Gasteiger partial charge in [-0.25, -0.2) is 0 Å². The molecule has 0 amide bonds. The summed E-state index contributed by atoms with van der Waals surface area (Å²) in [5.41, 5.74) is 6.38. The van der Waals surface area contributed by atoms with Crippen LogP contribution in [0.5, 0.6) is 5.75 Å². The van der Waals surface area contributed by atoms with Crippen LogP contribution in [0, 0.1) is 0 Å². The van der Waals surface area contributed by atoms with Gasteiger partial charge in [-0.3, -0.25) is 5.73 Å². The monoisotopic (exact) mass is 344 g/mol. The van der Waals surface area contributed by atoms with Crippen molar-refractivity contribution in [1.29, 1.82) is 0 Å². The second-order valence-corrected chi connectivity index (χ2v) is 7.12. The number of rotatable bonds is 5. The van der Waals surface area contributed by atoms with Crippen LogP contribution >= 0.6 is 0 Å². The Balaban J connectivity index is 0.00000127. The molecule has 0 spiro atoms. The number of ether oxygens (including phenoxy) is 1. The topological polar surface area (TPSA) is 79.1 Å². The highest BCUT2D eigenvalue weighted by Gasteiger charge is 2.28. The predicted molar refractivity (Wildman–Crippen MR) is 93.9 cm³/mol. The Hall–Kier alpha value is -1.35. The van der Waals surface area contributed by atoms with Crippen molar-refractivity contribution in [3.8, 4) is 5.75 Å². The lowest BCUT2D eigenvalue weighted by Crippen LogP contribution is -2.51. The number of hydrogen-bond acceptors (Lipinski definition) is 5. The molecule has 0 bridgehead atoms. The number of nitrogens with two attached hydrogens (primary N) is 1. The van der Waals surface area contributed by atoms with E-state index in [2.05, 4.69) is 4.90 Å². The van der Waals surface area contributed by atoms with Crippen molar-refractivity contribution in [2.45, 2.75) is 13.8 Å². The fraction of sp³-hybridized carbons (Fsp3) is 0.600. The molecule has 1 aliphatic rings. The van der Waals surface area contributed by atoms with Crippen molar-refractivity contribution in [2.24, 2.45) is 5.73 Å². The molecule has 23 heavy (non-hydrogen) atoms. The molecule has 132 valence electrons. The molecule has 8 heteroatoms. The highest BCUT2D eigenvalue weighted by atomic mass is 32.2. The van der Waals surface area contributed by atoms with Crippen molar-refractivity contribution in [2.75, 3.05) is 51.9 Å². The van der Waals surface area contributed by atoms with Gasteiger partial charge in [-0.15, -0.1) is 0 Å². The van der Waals surface area contributed by atoms with Crippen LogP contribution in [0.2, 0.25) is 0 Å². The summed E-state index contributed by atoms with van der Waals surface area (Å²) in [5, 5.41) is 0. The molecule has 0 saturated carbocycles. The van der Waals surface area contributed by atoms with Crippen molar-refractivity contribution in [1.82, 2.24) is 8.61 Å². The molecule has 0 aliphatic carbocycles. The van der Waals surface area contributed by atoms with Gasteiger partial charge in [0.25, 0.3) is 10.2 Å². The number of hydrogen-bond donors (Lipinski definition) is 1. The molecule has 1 heterocycles. The molecule has 7 nitrogen and oxygen atoms in total. The Kier molecular flexibility index (Phi) is 7.77. The lowest BCUT2D eigenvalue weighted by atomic mass is 10.2. The van der Waals surface area contributed by atoms with Crippen molar-refractivity contribution in [3.05, 3.63) is 24.3 Å². The van der Waals surface area contributed by atoms with E-state index in [0.717, 1.165) is 11.4 Å². The molecule has 2 N–H and O–H groups in total. The minimum atomic E-state index is -3.31. The van der Waals surface area contributed by atoms with E-state index in [4.69, 9.17) is 10.5 Å². The van der Waals surface area contributed by atoms with E-state index in [1.807, 2.05) is 38.1 Å². The maximum absolute atomic E-state index is 12.1. The summed E-state index contributed by atoms with van der Waals surface area (Å²) in [6.07, 6.45) is 0. The maximum atomic E-state index is 12.1. The van der Waals surface area contributed by atoms with Gasteiger partial charge in [0.1, 0.15) is 12.5 Å². The van der Waals surface area contributed by atoms with Gasteiger partial charge >= 0.3 is 0 Å². The van der Waals surface area contributed by atoms with Crippen molar-refractivity contribution >= 4 is 15.9 Å². The van der Waals surface area contributed by atoms with Gasteiger partial charge in [-0.1, -0.05) is 13.8 Å². The molecule has 1 fully saturated rings. The van der Waals surface area contributed by atoms with Crippen LogP contribution in [-0.4, -0.2) is 64.0 Å². The minimum absolute atomic E-state index is 0.153. The third kappa shape index (κ3) is 5.07. The maximum Gasteiger partial charge on any atom is 0.281 e. The average molecular weight is 344 g/mol. The lowest BCUT2D eigenvalue weighted by molar-refractivity contribution is 0.329. The molecular formula is C15H28N4O3S. The third-order valence-electron chi connectivity index (χ3n) is 3.48. The predicted octanol–water partition coefficient (Wildman–Crippen LogP) is 0.936. The number of piperazine rings is 1. The molecule has 1 aromatic rings. The molecule has 0 unspecified atom stereocenters. The van der Waals surface area contributed by atoms with E-state index >= 15 is 0 Å². The summed E-state index contributed by atoms with van der Waals surface area (Å²) in [6, 6.07) is 7.65. The van der Waals surface area contributed by atoms with E-state index in [1.165, 1.54) is 8.61 Å². The van der Waals surface area contributed by atoms with E-state index in [-0.39, 0.29) is 6.73 Å². The Bertz CT molecular complexity index is 553. The van der Waals surface area contributed by atoms with Gasteiger partial charge in [0.15, 0.2) is 0 Å². The summed E-state index contributed by atoms with van der Waals surface area (Å²) < 4.78 is 32.1. The van der Waals surface area contributed by atoms with Crippen LogP contribution in [0.4, 0.5) is 5.69 Å². The summed E-state index contributed by atoms with van der Waals surface area (Å²) >= 11 is 0. The Morgan fingerprint density at radius 1 is 1.09 bits per heavy atom. The Morgan fingerprint density at radius 3 is 2.04 bits per heavy atom. The number of nitrogens with zero attached hydrogens (tertiary/aromatic N) is 3. The molecule has 1 aromatic carbocycles. The fourth-order valence-electron chi connectivity index (χ4n) is 2.26. The Morgan fingerprint density at radius 2 is 1.61 bits per heavy atom. The quantitative estimate of drug-likeness (QED) is 0.804. The third-order valence-corrected chi connectivity index (χ3v) is 5.42. The van der Waals surface area contributed by atoms with Crippen molar-refractivity contribution in [3.63, 3.8) is 0 Å². The SMILES string of the molecule is CC.CN(C)S(=O)(=O)N1CCN(c2ccc(OCN)cc2)CC1. The number of benzene rings is 1. The first-order valence-electron chi connectivity index (χ1n) is 7.80. The normalized spacial score (nSPS) is 16.0. The Labute approximate surface area is 139 Å². The summed E-state index contributed by atoms with van der Waals surface area (Å²) in [4.78, 5) is 2.16. The fourth-order valence-corrected chi connectivity index (χ4v) is 3.34. The molecule has 1 saturated heterocycles. The zero-order chi connectivity index (χ0) is 17.5. The van der Waals surface area contributed by atoms with Gasteiger partial charge in [-0.2, -0.15) is 17.0 Å². The molecule has 0 aromatic heterocycles. The van der Waals surface area contributed by atoms with Crippen LogP contribution in [-0.2, 0) is 10.2 Å². The van der Waals surface area contributed by atoms with Gasteiger partial charge < -0.3 is 9.64 Å². The van der Waals surface area contributed by atoms with E-state index in [1.54, 1.807) is 14.1 Å². The summed E-state index contributed by atoms with van der Waals surface area (Å²) in [6.45, 7) is 6.47. The van der Waals surface area contributed by atoms with Gasteiger partial charge in [0, 0.05) is 46.0 Å². The highest BCUT2D eigenvalue weighted by molar-refractivity contribution is 7.86. The van der Waals surface area contributed by atoms with Gasteiger partial charge in [-0.05, 0) is 24.3 Å². The molecule has 0 radical (unpaired) electrons. The highest BCUT2D eigenvalue weighted by Crippen LogP contribution is 2.21. The number of anilines is 1. The van der Waals surface area contributed by atoms with Gasteiger partial charge in [0.2, 0.25) is 0 Å². The summed E-state index contributed by atoms with van der Waals surface area (Å²) in [7, 11) is -0.207. The first-order chi connectivity index (χ1) is 10.9.